The van der Waals surface area contributed by atoms with Crippen molar-refractivity contribution in [2.45, 2.75) is 19.3 Å². The Labute approximate surface area is 86.7 Å². The fourth-order valence-corrected chi connectivity index (χ4v) is 2.28. The molecule has 0 aliphatic carbocycles. The molecule has 2 unspecified atom stereocenters. The van der Waals surface area contributed by atoms with Gasteiger partial charge in [-0.25, -0.2) is 0 Å². The molecule has 1 aromatic rings. The predicted molar refractivity (Wildman–Crippen MR) is 58.9 cm³/mol. The van der Waals surface area contributed by atoms with Crippen LogP contribution >= 0.6 is 0 Å². The van der Waals surface area contributed by atoms with Gasteiger partial charge in [-0.2, -0.15) is 7.05 Å². The first-order chi connectivity index (χ1) is 6.84. The van der Waals surface area contributed by atoms with E-state index >= 15 is 0 Å². The van der Waals surface area contributed by atoms with Gasteiger partial charge in [-0.3, -0.25) is 0 Å². The molecule has 0 spiro atoms. The van der Waals surface area contributed by atoms with Crippen molar-refractivity contribution in [2.24, 2.45) is 5.92 Å². The van der Waals surface area contributed by atoms with Crippen molar-refractivity contribution >= 4 is 0 Å². The van der Waals surface area contributed by atoms with Gasteiger partial charge < -0.3 is 4.90 Å². The third-order valence-electron chi connectivity index (χ3n) is 3.17. The zero-order valence-electron chi connectivity index (χ0n) is 8.71. The Bertz CT molecular complexity index is 268. The summed E-state index contributed by atoms with van der Waals surface area (Å²) in [5.41, 5.74) is 1.48. The van der Waals surface area contributed by atoms with E-state index in [-0.39, 0.29) is 0 Å². The van der Waals surface area contributed by atoms with E-state index in [4.69, 9.17) is 0 Å². The Kier molecular flexibility index (Phi) is 3.20. The summed E-state index contributed by atoms with van der Waals surface area (Å²) in [6.45, 7) is 2.53. The minimum Gasteiger partial charge on any atom is -0.468 e. The topological polar surface area (TPSA) is 4.44 Å². The van der Waals surface area contributed by atoms with Crippen LogP contribution in [-0.2, 0) is 6.42 Å². The molecule has 1 heteroatoms. The van der Waals surface area contributed by atoms with Gasteiger partial charge in [-0.05, 0) is 18.4 Å². The Balaban J connectivity index is 1.78. The average Bonchev–Trinajstić information content (AvgIpc) is 2.63. The lowest BCUT2D eigenvalue weighted by atomic mass is 9.99. The van der Waals surface area contributed by atoms with E-state index in [0.29, 0.717) is 0 Å². The molecule has 76 valence electrons. The molecule has 1 N–H and O–H groups in total. The van der Waals surface area contributed by atoms with Crippen molar-refractivity contribution in [3.05, 3.63) is 42.9 Å². The van der Waals surface area contributed by atoms with Gasteiger partial charge in [0.15, 0.2) is 0 Å². The largest absolute Gasteiger partial charge is 0.468 e. The zero-order chi connectivity index (χ0) is 9.80. The molecular weight excluding hydrogens is 170 g/mol. The predicted octanol–water partition coefficient (Wildman–Crippen LogP) is 1.32. The Morgan fingerprint density at radius 1 is 1.29 bits per heavy atom. The first kappa shape index (κ1) is 9.72. The summed E-state index contributed by atoms with van der Waals surface area (Å²) < 4.78 is 0. The summed E-state index contributed by atoms with van der Waals surface area (Å²) in [6.07, 6.45) is 3.94. The fraction of sp³-hybridized carbons (Fsp3) is 0.462. The van der Waals surface area contributed by atoms with Crippen LogP contribution in [0.4, 0.5) is 0 Å². The summed E-state index contributed by atoms with van der Waals surface area (Å²) in [6, 6.07) is 10.8. The van der Waals surface area contributed by atoms with Crippen molar-refractivity contribution in [3.63, 3.8) is 0 Å². The molecule has 1 aromatic carbocycles. The van der Waals surface area contributed by atoms with E-state index in [9.17, 15) is 0 Å². The summed E-state index contributed by atoms with van der Waals surface area (Å²) in [4.78, 5) is 1.46. The fourth-order valence-electron chi connectivity index (χ4n) is 2.28. The first-order valence-corrected chi connectivity index (χ1v) is 5.55. The van der Waals surface area contributed by atoms with E-state index < -0.39 is 0 Å². The molecule has 0 radical (unpaired) electrons. The van der Waals surface area contributed by atoms with Crippen LogP contribution in [0, 0.1) is 13.0 Å². The molecule has 2 atom stereocenters. The molecule has 1 heterocycles. The van der Waals surface area contributed by atoms with Gasteiger partial charge in [-0.15, -0.1) is 0 Å². The molecule has 0 saturated carbocycles. The Hall–Kier alpha value is -0.820. The summed E-state index contributed by atoms with van der Waals surface area (Å²) in [5.74, 6) is 0.905. The van der Waals surface area contributed by atoms with Crippen molar-refractivity contribution in [1.29, 1.82) is 0 Å². The van der Waals surface area contributed by atoms with E-state index in [0.717, 1.165) is 5.92 Å². The molecule has 14 heavy (non-hydrogen) atoms. The second-order valence-corrected chi connectivity index (χ2v) is 4.38. The third kappa shape index (κ3) is 2.58. The number of hydrogen-bond acceptors (Lipinski definition) is 0. The molecule has 1 saturated heterocycles. The molecule has 0 amide bonds. The van der Waals surface area contributed by atoms with Crippen LogP contribution in [0.25, 0.3) is 0 Å². The molecule has 0 aromatic heterocycles. The SMILES string of the molecule is [CH2-][NH+]1CCC(CCc2ccccc2)C1. The van der Waals surface area contributed by atoms with E-state index in [1.165, 1.54) is 42.8 Å². The van der Waals surface area contributed by atoms with Crippen LogP contribution in [0.3, 0.4) is 0 Å². The average molecular weight is 189 g/mol. The van der Waals surface area contributed by atoms with Gasteiger partial charge in [0.25, 0.3) is 0 Å². The van der Waals surface area contributed by atoms with Gasteiger partial charge in [0, 0.05) is 12.3 Å². The number of quaternary nitrogens is 1. The van der Waals surface area contributed by atoms with Gasteiger partial charge in [0.2, 0.25) is 0 Å². The molecule has 2 rings (SSSR count). The number of nitrogens with one attached hydrogen (secondary N) is 1. The van der Waals surface area contributed by atoms with Crippen molar-refractivity contribution in [3.8, 4) is 0 Å². The number of aryl methyl sites for hydroxylation is 1. The molecule has 1 aliphatic rings. The number of rotatable bonds is 3. The number of hydrogen-bond donors (Lipinski definition) is 1. The van der Waals surface area contributed by atoms with Gasteiger partial charge in [-0.1, -0.05) is 30.3 Å². The second-order valence-electron chi connectivity index (χ2n) is 4.38. The van der Waals surface area contributed by atoms with Gasteiger partial charge >= 0.3 is 0 Å². The maximum Gasteiger partial charge on any atom is 0.0561 e. The van der Waals surface area contributed by atoms with Crippen LogP contribution in [0.1, 0.15) is 18.4 Å². The van der Waals surface area contributed by atoms with E-state index in [1.54, 1.807) is 0 Å². The zero-order valence-corrected chi connectivity index (χ0v) is 8.71. The number of likely N-dealkylation sites (tertiary alicyclic amines) is 1. The Morgan fingerprint density at radius 2 is 2.07 bits per heavy atom. The Morgan fingerprint density at radius 3 is 2.71 bits per heavy atom. The summed E-state index contributed by atoms with van der Waals surface area (Å²) >= 11 is 0. The maximum atomic E-state index is 4.06. The van der Waals surface area contributed by atoms with Crippen molar-refractivity contribution < 1.29 is 4.90 Å². The van der Waals surface area contributed by atoms with E-state index in [1.807, 2.05) is 0 Å². The minimum atomic E-state index is 0.905. The van der Waals surface area contributed by atoms with Crippen molar-refractivity contribution in [1.82, 2.24) is 0 Å². The highest BCUT2D eigenvalue weighted by Gasteiger charge is 2.19. The maximum absolute atomic E-state index is 4.06. The third-order valence-corrected chi connectivity index (χ3v) is 3.17. The quantitative estimate of drug-likeness (QED) is 0.684. The highest BCUT2D eigenvalue weighted by molar-refractivity contribution is 5.14. The molecule has 1 nitrogen and oxygen atoms in total. The lowest BCUT2D eigenvalue weighted by Gasteiger charge is -2.12. The van der Waals surface area contributed by atoms with Crippen LogP contribution < -0.4 is 4.90 Å². The van der Waals surface area contributed by atoms with Crippen LogP contribution in [-0.4, -0.2) is 13.1 Å². The highest BCUT2D eigenvalue weighted by Crippen LogP contribution is 2.13. The smallest absolute Gasteiger partial charge is 0.0561 e. The first-order valence-electron chi connectivity index (χ1n) is 5.55. The van der Waals surface area contributed by atoms with Crippen LogP contribution in [0.5, 0.6) is 0 Å². The minimum absolute atomic E-state index is 0.905. The lowest BCUT2D eigenvalue weighted by molar-refractivity contribution is -0.841. The van der Waals surface area contributed by atoms with E-state index in [2.05, 4.69) is 37.4 Å². The van der Waals surface area contributed by atoms with Crippen molar-refractivity contribution in [2.75, 3.05) is 13.1 Å². The molecule has 1 aliphatic heterocycles. The highest BCUT2D eigenvalue weighted by atomic mass is 15.1. The van der Waals surface area contributed by atoms with Gasteiger partial charge in [0.1, 0.15) is 0 Å². The van der Waals surface area contributed by atoms with Crippen LogP contribution in [0.15, 0.2) is 30.3 Å². The van der Waals surface area contributed by atoms with Crippen LogP contribution in [0.2, 0.25) is 0 Å². The molecule has 1 fully saturated rings. The second kappa shape index (κ2) is 4.61. The summed E-state index contributed by atoms with van der Waals surface area (Å²) in [7, 11) is 4.06. The monoisotopic (exact) mass is 189 g/mol. The summed E-state index contributed by atoms with van der Waals surface area (Å²) in [5, 5.41) is 0. The number of benzene rings is 1. The van der Waals surface area contributed by atoms with Gasteiger partial charge in [0.05, 0.1) is 13.1 Å². The standard InChI is InChI=1S/C13H19N/c1-14-10-9-13(11-14)8-7-12-5-3-2-4-6-12/h2-6,13-14H,1,7-11H2. The molecular formula is C13H19N. The normalized spacial score (nSPS) is 26.6. The molecule has 0 bridgehead atoms. The lowest BCUT2D eigenvalue weighted by Crippen LogP contribution is -3.04.